The van der Waals surface area contributed by atoms with Crippen molar-refractivity contribution in [1.29, 1.82) is 0 Å². The zero-order valence-electron chi connectivity index (χ0n) is 12.0. The van der Waals surface area contributed by atoms with E-state index < -0.39 is 16.6 Å². The Hall–Kier alpha value is -0.106. The Morgan fingerprint density at radius 3 is 2.18 bits per heavy atom. The molecule has 0 saturated heterocycles. The minimum atomic E-state index is -1.48. The van der Waals surface area contributed by atoms with Crippen molar-refractivity contribution >= 4 is 16.6 Å². The summed E-state index contributed by atoms with van der Waals surface area (Å²) in [6, 6.07) is 1.17. The maximum Gasteiger partial charge on any atom is 0.173 e. The van der Waals surface area contributed by atoms with Gasteiger partial charge in [0.15, 0.2) is 16.6 Å². The molecule has 0 saturated carbocycles. The summed E-state index contributed by atoms with van der Waals surface area (Å²) < 4.78 is 16.7. The fourth-order valence-electron chi connectivity index (χ4n) is 1.77. The predicted molar refractivity (Wildman–Crippen MR) is 78.3 cm³/mol. The van der Waals surface area contributed by atoms with Crippen LogP contribution in [0.15, 0.2) is 12.8 Å². The lowest BCUT2D eigenvalue weighted by Crippen LogP contribution is -2.42. The van der Waals surface area contributed by atoms with E-state index in [4.69, 9.17) is 13.6 Å². The summed E-state index contributed by atoms with van der Waals surface area (Å²) in [5.74, 6) is 0. The van der Waals surface area contributed by atoms with Crippen molar-refractivity contribution in [3.63, 3.8) is 0 Å². The van der Waals surface area contributed by atoms with E-state index >= 15 is 0 Å². The monoisotopic (exact) mass is 276 g/mol. The highest BCUT2D eigenvalue weighted by molar-refractivity contribution is 6.84. The zero-order chi connectivity index (χ0) is 13.4. The van der Waals surface area contributed by atoms with Crippen LogP contribution in [-0.2, 0) is 13.6 Å². The molecule has 0 bridgehead atoms. The van der Waals surface area contributed by atoms with E-state index in [1.165, 1.54) is 12.3 Å². The smallest absolute Gasteiger partial charge is 0.173 e. The van der Waals surface area contributed by atoms with Crippen molar-refractivity contribution in [2.75, 3.05) is 19.8 Å². The van der Waals surface area contributed by atoms with E-state index in [-0.39, 0.29) is 0 Å². The van der Waals surface area contributed by atoms with Crippen LogP contribution >= 0.6 is 0 Å². The molecule has 0 amide bonds. The van der Waals surface area contributed by atoms with Gasteiger partial charge in [-0.1, -0.05) is 6.58 Å². The fourth-order valence-corrected chi connectivity index (χ4v) is 9.81. The van der Waals surface area contributed by atoms with Crippen LogP contribution < -0.4 is 0 Å². The SMILES string of the molecule is C=COCCOCCC[Si](C)(C)O[Si](C)(C)C. The summed E-state index contributed by atoms with van der Waals surface area (Å²) in [6.45, 7) is 16.9. The van der Waals surface area contributed by atoms with Crippen molar-refractivity contribution in [1.82, 2.24) is 0 Å². The summed E-state index contributed by atoms with van der Waals surface area (Å²) in [4.78, 5) is 0. The van der Waals surface area contributed by atoms with Gasteiger partial charge < -0.3 is 13.6 Å². The van der Waals surface area contributed by atoms with Crippen LogP contribution in [0.3, 0.4) is 0 Å². The molecule has 0 N–H and O–H groups in total. The van der Waals surface area contributed by atoms with Gasteiger partial charge in [0.05, 0.1) is 12.9 Å². The van der Waals surface area contributed by atoms with Crippen LogP contribution in [0.5, 0.6) is 0 Å². The number of hydrogen-bond acceptors (Lipinski definition) is 3. The van der Waals surface area contributed by atoms with E-state index in [9.17, 15) is 0 Å². The number of rotatable bonds is 10. The molecule has 0 fully saturated rings. The lowest BCUT2D eigenvalue weighted by Gasteiger charge is -2.31. The third-order valence-electron chi connectivity index (χ3n) is 2.11. The maximum atomic E-state index is 6.25. The second-order valence-electron chi connectivity index (χ2n) is 5.73. The molecule has 5 heteroatoms. The average molecular weight is 277 g/mol. The second kappa shape index (κ2) is 8.08. The van der Waals surface area contributed by atoms with Gasteiger partial charge in [-0.15, -0.1) is 0 Å². The molecule has 0 aromatic carbocycles. The molecule has 0 aliphatic carbocycles. The van der Waals surface area contributed by atoms with Gasteiger partial charge in [0, 0.05) is 6.61 Å². The normalized spacial score (nSPS) is 12.5. The standard InChI is InChI=1S/C12H28O3Si2/c1-7-13-10-11-14-9-8-12-17(5,6)15-16(2,3)4/h7H,1,8-12H2,2-6H3. The molecule has 0 spiro atoms. The fraction of sp³-hybridized carbons (Fsp3) is 0.833. The minimum absolute atomic E-state index is 0.593. The second-order valence-corrected chi connectivity index (χ2v) is 14.8. The average Bonchev–Trinajstić information content (AvgIpc) is 2.12. The number of ether oxygens (including phenoxy) is 2. The largest absolute Gasteiger partial charge is 0.499 e. The highest BCUT2D eigenvalue weighted by Crippen LogP contribution is 2.19. The molecule has 0 rings (SSSR count). The van der Waals surface area contributed by atoms with Gasteiger partial charge in [-0.3, -0.25) is 0 Å². The first-order chi connectivity index (χ1) is 7.77. The van der Waals surface area contributed by atoms with Gasteiger partial charge in [-0.2, -0.15) is 0 Å². The van der Waals surface area contributed by atoms with Gasteiger partial charge in [0.1, 0.15) is 6.61 Å². The number of hydrogen-bond donors (Lipinski definition) is 0. The molecule has 0 aliphatic heterocycles. The highest BCUT2D eigenvalue weighted by Gasteiger charge is 2.28. The molecule has 3 nitrogen and oxygen atoms in total. The van der Waals surface area contributed by atoms with Gasteiger partial charge in [0.2, 0.25) is 0 Å². The van der Waals surface area contributed by atoms with Crippen molar-refractivity contribution in [2.24, 2.45) is 0 Å². The summed E-state index contributed by atoms with van der Waals surface area (Å²) >= 11 is 0. The molecule has 0 aliphatic rings. The summed E-state index contributed by atoms with van der Waals surface area (Å²) in [5, 5.41) is 0. The van der Waals surface area contributed by atoms with Crippen molar-refractivity contribution in [3.8, 4) is 0 Å². The van der Waals surface area contributed by atoms with E-state index in [2.05, 4.69) is 39.3 Å². The molecule has 0 aromatic heterocycles. The van der Waals surface area contributed by atoms with Crippen LogP contribution in [0.2, 0.25) is 38.8 Å². The Kier molecular flexibility index (Phi) is 8.03. The van der Waals surface area contributed by atoms with Crippen molar-refractivity contribution < 1.29 is 13.6 Å². The highest BCUT2D eigenvalue weighted by atomic mass is 28.4. The minimum Gasteiger partial charge on any atom is -0.499 e. The van der Waals surface area contributed by atoms with Crippen molar-refractivity contribution in [3.05, 3.63) is 12.8 Å². The molecular weight excluding hydrogens is 248 g/mol. The molecule has 102 valence electrons. The Bertz CT molecular complexity index is 212. The molecule has 17 heavy (non-hydrogen) atoms. The van der Waals surface area contributed by atoms with Crippen LogP contribution in [-0.4, -0.2) is 36.5 Å². The first-order valence-corrected chi connectivity index (χ1v) is 12.8. The van der Waals surface area contributed by atoms with Gasteiger partial charge in [-0.05, 0) is 45.2 Å². The lowest BCUT2D eigenvalue weighted by molar-refractivity contribution is 0.0852. The molecule has 0 heterocycles. The third-order valence-corrected chi connectivity index (χ3v) is 8.33. The first kappa shape index (κ1) is 16.9. The summed E-state index contributed by atoms with van der Waals surface area (Å²) in [5.41, 5.74) is 0. The maximum absolute atomic E-state index is 6.25. The van der Waals surface area contributed by atoms with E-state index in [1.807, 2.05) is 0 Å². The molecule has 0 radical (unpaired) electrons. The lowest BCUT2D eigenvalue weighted by atomic mass is 10.5. The predicted octanol–water partition coefficient (Wildman–Crippen LogP) is 3.61. The zero-order valence-corrected chi connectivity index (χ0v) is 14.0. The van der Waals surface area contributed by atoms with Crippen LogP contribution in [0.25, 0.3) is 0 Å². The van der Waals surface area contributed by atoms with Crippen LogP contribution in [0.1, 0.15) is 6.42 Å². The Labute approximate surface area is 108 Å². The van der Waals surface area contributed by atoms with Gasteiger partial charge in [0.25, 0.3) is 0 Å². The van der Waals surface area contributed by atoms with E-state index in [0.717, 1.165) is 13.0 Å². The Morgan fingerprint density at radius 2 is 1.65 bits per heavy atom. The van der Waals surface area contributed by atoms with Gasteiger partial charge in [-0.25, -0.2) is 0 Å². The van der Waals surface area contributed by atoms with E-state index in [1.54, 1.807) is 0 Å². The van der Waals surface area contributed by atoms with Crippen LogP contribution in [0.4, 0.5) is 0 Å². The summed E-state index contributed by atoms with van der Waals surface area (Å²) in [6.07, 6.45) is 2.53. The van der Waals surface area contributed by atoms with Gasteiger partial charge >= 0.3 is 0 Å². The molecule has 0 atom stereocenters. The quantitative estimate of drug-likeness (QED) is 0.346. The summed E-state index contributed by atoms with van der Waals surface area (Å²) in [7, 11) is -2.87. The first-order valence-electron chi connectivity index (χ1n) is 6.27. The Balaban J connectivity index is 3.55. The molecule has 0 aromatic rings. The van der Waals surface area contributed by atoms with Crippen LogP contribution in [0, 0.1) is 0 Å². The van der Waals surface area contributed by atoms with E-state index in [0.29, 0.717) is 13.2 Å². The molecule has 0 unspecified atom stereocenters. The third kappa shape index (κ3) is 12.1. The topological polar surface area (TPSA) is 27.7 Å². The Morgan fingerprint density at radius 1 is 1.00 bits per heavy atom. The molecular formula is C12H28O3Si2. The van der Waals surface area contributed by atoms with Crippen molar-refractivity contribution in [2.45, 2.75) is 45.2 Å².